The van der Waals surface area contributed by atoms with Crippen LogP contribution in [0.4, 0.5) is 0 Å². The van der Waals surface area contributed by atoms with Crippen LogP contribution < -0.4 is 0 Å². The van der Waals surface area contributed by atoms with Crippen LogP contribution in [0.3, 0.4) is 0 Å². The molecule has 0 amide bonds. The van der Waals surface area contributed by atoms with E-state index in [1.54, 1.807) is 0 Å². The Labute approximate surface area is 117 Å². The maximum Gasteiger partial charge on any atom is 0.102 e. The van der Waals surface area contributed by atoms with Crippen LogP contribution in [0.5, 0.6) is 0 Å². The van der Waals surface area contributed by atoms with Crippen LogP contribution in [-0.4, -0.2) is 18.3 Å². The van der Waals surface area contributed by atoms with Gasteiger partial charge in [-0.3, -0.25) is 0 Å². The molecule has 2 heteroatoms. The predicted octanol–water partition coefficient (Wildman–Crippen LogP) is 4.27. The molecule has 0 fully saturated rings. The van der Waals surface area contributed by atoms with Gasteiger partial charge in [0.25, 0.3) is 0 Å². The molecule has 1 aromatic carbocycles. The van der Waals surface area contributed by atoms with Crippen molar-refractivity contribution in [3.8, 4) is 0 Å². The van der Waals surface area contributed by atoms with E-state index in [9.17, 15) is 5.11 Å². The zero-order chi connectivity index (χ0) is 13.9. The number of unbranched alkanes of at least 4 members (excludes halogenated alkanes) is 4. The van der Waals surface area contributed by atoms with Crippen molar-refractivity contribution < 1.29 is 9.84 Å². The number of aliphatic hydroxyl groups excluding tert-OH is 1. The quantitative estimate of drug-likeness (QED) is 0.639. The third-order valence-corrected chi connectivity index (χ3v) is 3.44. The van der Waals surface area contributed by atoms with Crippen molar-refractivity contribution in [3.05, 3.63) is 35.4 Å². The van der Waals surface area contributed by atoms with E-state index in [-0.39, 0.29) is 0 Å². The van der Waals surface area contributed by atoms with E-state index in [0.29, 0.717) is 6.61 Å². The molecular formula is C17H28O2. The Morgan fingerprint density at radius 3 is 2.32 bits per heavy atom. The van der Waals surface area contributed by atoms with Crippen molar-refractivity contribution in [2.24, 2.45) is 0 Å². The van der Waals surface area contributed by atoms with Crippen molar-refractivity contribution in [2.45, 2.75) is 58.5 Å². The van der Waals surface area contributed by atoms with Gasteiger partial charge in [-0.05, 0) is 24.0 Å². The molecule has 0 saturated carbocycles. The van der Waals surface area contributed by atoms with Gasteiger partial charge in [0.05, 0.1) is 6.61 Å². The van der Waals surface area contributed by atoms with Gasteiger partial charge < -0.3 is 9.84 Å². The summed E-state index contributed by atoms with van der Waals surface area (Å²) in [6, 6.07) is 8.13. The highest BCUT2D eigenvalue weighted by Gasteiger charge is 2.07. The molecule has 0 aliphatic heterocycles. The zero-order valence-corrected chi connectivity index (χ0v) is 12.4. The van der Waals surface area contributed by atoms with E-state index in [2.05, 4.69) is 26.0 Å². The normalized spacial score (nSPS) is 12.6. The molecule has 1 aromatic rings. The average molecular weight is 264 g/mol. The van der Waals surface area contributed by atoms with Gasteiger partial charge in [-0.25, -0.2) is 0 Å². The summed E-state index contributed by atoms with van der Waals surface area (Å²) in [5, 5.41) is 10.00. The van der Waals surface area contributed by atoms with E-state index in [1.807, 2.05) is 12.1 Å². The number of hydrogen-bond acceptors (Lipinski definition) is 2. The minimum absolute atomic E-state index is 0.402. The fourth-order valence-electron chi connectivity index (χ4n) is 2.07. The number of benzene rings is 1. The molecule has 108 valence electrons. The first-order valence-electron chi connectivity index (χ1n) is 7.62. The smallest absolute Gasteiger partial charge is 0.102 e. The lowest BCUT2D eigenvalue weighted by atomic mass is 10.1. The fraction of sp³-hybridized carbons (Fsp3) is 0.647. The molecule has 1 atom stereocenters. The second kappa shape index (κ2) is 9.99. The van der Waals surface area contributed by atoms with Gasteiger partial charge in [0.1, 0.15) is 6.10 Å². The lowest BCUT2D eigenvalue weighted by Gasteiger charge is -2.12. The van der Waals surface area contributed by atoms with Gasteiger partial charge in [0.15, 0.2) is 0 Å². The number of aliphatic hydroxyl groups is 1. The Kier molecular flexibility index (Phi) is 8.52. The van der Waals surface area contributed by atoms with Crippen LogP contribution in [-0.2, 0) is 11.2 Å². The predicted molar refractivity (Wildman–Crippen MR) is 80.4 cm³/mol. The minimum Gasteiger partial charge on any atom is -0.386 e. The van der Waals surface area contributed by atoms with E-state index in [1.165, 1.54) is 31.2 Å². The molecule has 0 aromatic heterocycles. The molecule has 0 bridgehead atoms. The summed E-state index contributed by atoms with van der Waals surface area (Å²) in [5.41, 5.74) is 2.25. The van der Waals surface area contributed by atoms with Crippen molar-refractivity contribution in [1.82, 2.24) is 0 Å². The lowest BCUT2D eigenvalue weighted by Crippen LogP contribution is -2.08. The molecule has 0 aliphatic carbocycles. The van der Waals surface area contributed by atoms with Gasteiger partial charge in [-0.2, -0.15) is 0 Å². The molecule has 0 radical (unpaired) electrons. The van der Waals surface area contributed by atoms with E-state index >= 15 is 0 Å². The molecule has 0 spiro atoms. The summed E-state index contributed by atoms with van der Waals surface area (Å²) < 4.78 is 5.54. The summed E-state index contributed by atoms with van der Waals surface area (Å²) in [7, 11) is 0. The molecule has 1 N–H and O–H groups in total. The highest BCUT2D eigenvalue weighted by atomic mass is 16.5. The molecule has 1 unspecified atom stereocenters. The standard InChI is InChI=1S/C17H28O2/c1-3-5-6-7-8-13-19-14-17(18)16-11-9-15(4-2)10-12-16/h9-12,17-18H,3-8,13-14H2,1-2H3. The monoisotopic (exact) mass is 264 g/mol. The Bertz CT molecular complexity index is 319. The van der Waals surface area contributed by atoms with Gasteiger partial charge in [-0.15, -0.1) is 0 Å². The molecule has 0 heterocycles. The van der Waals surface area contributed by atoms with Crippen molar-refractivity contribution in [2.75, 3.05) is 13.2 Å². The molecule has 1 rings (SSSR count). The maximum atomic E-state index is 10.00. The van der Waals surface area contributed by atoms with Gasteiger partial charge in [0, 0.05) is 6.61 Å². The third-order valence-electron chi connectivity index (χ3n) is 3.44. The first kappa shape index (κ1) is 16.2. The topological polar surface area (TPSA) is 29.5 Å². The summed E-state index contributed by atoms with van der Waals surface area (Å²) in [4.78, 5) is 0. The van der Waals surface area contributed by atoms with Crippen LogP contribution in [0, 0.1) is 0 Å². The number of rotatable bonds is 10. The van der Waals surface area contributed by atoms with E-state index in [4.69, 9.17) is 4.74 Å². The summed E-state index contributed by atoms with van der Waals surface area (Å²) in [5.74, 6) is 0. The van der Waals surface area contributed by atoms with Crippen molar-refractivity contribution in [3.63, 3.8) is 0 Å². The third kappa shape index (κ3) is 6.74. The zero-order valence-electron chi connectivity index (χ0n) is 12.4. The summed E-state index contributed by atoms with van der Waals surface area (Å²) in [6.07, 6.45) is 6.74. The SMILES string of the molecule is CCCCCCCOCC(O)c1ccc(CC)cc1. The highest BCUT2D eigenvalue weighted by Crippen LogP contribution is 2.14. The first-order valence-corrected chi connectivity index (χ1v) is 7.62. The largest absolute Gasteiger partial charge is 0.386 e. The number of hydrogen-bond donors (Lipinski definition) is 1. The molecular weight excluding hydrogens is 236 g/mol. The molecule has 2 nitrogen and oxygen atoms in total. The van der Waals surface area contributed by atoms with Gasteiger partial charge >= 0.3 is 0 Å². The Hall–Kier alpha value is -0.860. The fourth-order valence-corrected chi connectivity index (χ4v) is 2.07. The van der Waals surface area contributed by atoms with Crippen LogP contribution in [0.25, 0.3) is 0 Å². The Morgan fingerprint density at radius 1 is 1.00 bits per heavy atom. The maximum absolute atomic E-state index is 10.00. The van der Waals surface area contributed by atoms with Crippen LogP contribution in [0.1, 0.15) is 63.2 Å². The van der Waals surface area contributed by atoms with Crippen molar-refractivity contribution >= 4 is 0 Å². The number of ether oxygens (including phenoxy) is 1. The Morgan fingerprint density at radius 2 is 1.68 bits per heavy atom. The lowest BCUT2D eigenvalue weighted by molar-refractivity contribution is 0.0344. The van der Waals surface area contributed by atoms with E-state index in [0.717, 1.165) is 25.0 Å². The van der Waals surface area contributed by atoms with Gasteiger partial charge in [-0.1, -0.05) is 63.8 Å². The van der Waals surface area contributed by atoms with Crippen LogP contribution in [0.15, 0.2) is 24.3 Å². The average Bonchev–Trinajstić information content (AvgIpc) is 2.46. The summed E-state index contributed by atoms with van der Waals surface area (Å²) >= 11 is 0. The highest BCUT2D eigenvalue weighted by molar-refractivity contribution is 5.24. The molecule has 19 heavy (non-hydrogen) atoms. The summed E-state index contributed by atoms with van der Waals surface area (Å²) in [6.45, 7) is 5.51. The minimum atomic E-state index is -0.499. The van der Waals surface area contributed by atoms with Crippen molar-refractivity contribution in [1.29, 1.82) is 0 Å². The number of aryl methyl sites for hydroxylation is 1. The van der Waals surface area contributed by atoms with Crippen LogP contribution in [0.2, 0.25) is 0 Å². The van der Waals surface area contributed by atoms with Gasteiger partial charge in [0.2, 0.25) is 0 Å². The second-order valence-electron chi connectivity index (χ2n) is 5.10. The van der Waals surface area contributed by atoms with Crippen LogP contribution >= 0.6 is 0 Å². The first-order chi connectivity index (χ1) is 9.27. The molecule has 0 aliphatic rings. The van der Waals surface area contributed by atoms with E-state index < -0.39 is 6.10 Å². The second-order valence-corrected chi connectivity index (χ2v) is 5.10. The Balaban J connectivity index is 2.14. The molecule has 0 saturated heterocycles.